The zero-order valence-electron chi connectivity index (χ0n) is 19.3. The van der Waals surface area contributed by atoms with Gasteiger partial charge in [-0.2, -0.15) is 0 Å². The number of nitrogens with zero attached hydrogens (tertiary/aromatic N) is 2. The summed E-state index contributed by atoms with van der Waals surface area (Å²) in [5.41, 5.74) is 10.1. The Balaban J connectivity index is 1.42. The van der Waals surface area contributed by atoms with Crippen LogP contribution >= 0.6 is 0 Å². The highest BCUT2D eigenvalue weighted by atomic mass is 16.5. The fraction of sp³-hybridized carbons (Fsp3) is 0.370. The van der Waals surface area contributed by atoms with Gasteiger partial charge in [-0.1, -0.05) is 24.3 Å². The summed E-state index contributed by atoms with van der Waals surface area (Å²) in [5, 5.41) is 0.896. The zero-order valence-corrected chi connectivity index (χ0v) is 19.3. The molecule has 2 N–H and O–H groups in total. The third kappa shape index (κ3) is 5.16. The van der Waals surface area contributed by atoms with Gasteiger partial charge in [-0.05, 0) is 68.0 Å². The van der Waals surface area contributed by atoms with E-state index in [1.54, 1.807) is 7.11 Å². The van der Waals surface area contributed by atoms with Gasteiger partial charge in [0.15, 0.2) is 0 Å². The number of piperidine rings is 1. The van der Waals surface area contributed by atoms with Crippen LogP contribution < -0.4 is 10.5 Å². The smallest absolute Gasteiger partial charge is 0.250 e. The van der Waals surface area contributed by atoms with Crippen molar-refractivity contribution in [3.8, 4) is 5.75 Å². The summed E-state index contributed by atoms with van der Waals surface area (Å²) in [7, 11) is 1.67. The lowest BCUT2D eigenvalue weighted by Gasteiger charge is -2.33. The van der Waals surface area contributed by atoms with Crippen molar-refractivity contribution in [2.24, 2.45) is 5.73 Å². The van der Waals surface area contributed by atoms with Gasteiger partial charge in [-0.3, -0.25) is 14.6 Å². The van der Waals surface area contributed by atoms with Crippen LogP contribution in [0.15, 0.2) is 48.5 Å². The Hall–Kier alpha value is -3.41. The van der Waals surface area contributed by atoms with Crippen molar-refractivity contribution in [1.82, 2.24) is 9.88 Å². The summed E-state index contributed by atoms with van der Waals surface area (Å²) >= 11 is 0. The Morgan fingerprint density at radius 3 is 2.76 bits per heavy atom. The Morgan fingerprint density at radius 2 is 2.00 bits per heavy atom. The number of amides is 2. The van der Waals surface area contributed by atoms with Crippen LogP contribution in [0, 0.1) is 6.92 Å². The summed E-state index contributed by atoms with van der Waals surface area (Å²) in [6, 6.07) is 15.6. The predicted molar refractivity (Wildman–Crippen MR) is 129 cm³/mol. The van der Waals surface area contributed by atoms with Gasteiger partial charge in [-0.25, -0.2) is 0 Å². The summed E-state index contributed by atoms with van der Waals surface area (Å²) in [4.78, 5) is 31.9. The highest BCUT2D eigenvalue weighted by molar-refractivity contribution is 5.97. The SMILES string of the molecule is COc1ccc(CCCC(=O)N2CCC[C@@H](c3nc4ccccc4cc3C(N)=O)C2)c(C)c1. The maximum atomic E-state index is 13.0. The molecule has 0 spiro atoms. The molecule has 0 saturated carbocycles. The number of fused-ring (bicyclic) bond motifs is 1. The van der Waals surface area contributed by atoms with Gasteiger partial charge in [0.1, 0.15) is 5.75 Å². The van der Waals surface area contributed by atoms with E-state index in [4.69, 9.17) is 15.5 Å². The van der Waals surface area contributed by atoms with Crippen molar-refractivity contribution in [3.63, 3.8) is 0 Å². The highest BCUT2D eigenvalue weighted by Gasteiger charge is 2.28. The topological polar surface area (TPSA) is 85.5 Å². The van der Waals surface area contributed by atoms with Gasteiger partial charge in [0, 0.05) is 30.8 Å². The average molecular weight is 446 g/mol. The van der Waals surface area contributed by atoms with Crippen molar-refractivity contribution < 1.29 is 14.3 Å². The lowest BCUT2D eigenvalue weighted by atomic mass is 9.90. The number of aryl methyl sites for hydroxylation is 2. The molecule has 1 aromatic heterocycles. The van der Waals surface area contributed by atoms with Crippen LogP contribution in [0.1, 0.15) is 58.8 Å². The molecule has 6 nitrogen and oxygen atoms in total. The molecule has 33 heavy (non-hydrogen) atoms. The number of nitrogens with two attached hydrogens (primary N) is 1. The van der Waals surface area contributed by atoms with E-state index >= 15 is 0 Å². The number of rotatable bonds is 7. The number of para-hydroxylation sites is 1. The maximum Gasteiger partial charge on any atom is 0.250 e. The van der Waals surface area contributed by atoms with E-state index in [9.17, 15) is 9.59 Å². The second-order valence-electron chi connectivity index (χ2n) is 8.80. The third-order valence-electron chi connectivity index (χ3n) is 6.57. The van der Waals surface area contributed by atoms with Gasteiger partial charge < -0.3 is 15.4 Å². The molecule has 4 rings (SSSR count). The van der Waals surface area contributed by atoms with Crippen molar-refractivity contribution in [2.75, 3.05) is 20.2 Å². The number of methoxy groups -OCH3 is 1. The summed E-state index contributed by atoms with van der Waals surface area (Å²) in [6.45, 7) is 3.39. The average Bonchev–Trinajstić information content (AvgIpc) is 2.84. The summed E-state index contributed by atoms with van der Waals surface area (Å²) in [5.74, 6) is 0.553. The zero-order chi connectivity index (χ0) is 23.4. The Bertz CT molecular complexity index is 1170. The lowest BCUT2D eigenvalue weighted by molar-refractivity contribution is -0.132. The molecule has 1 saturated heterocycles. The highest BCUT2D eigenvalue weighted by Crippen LogP contribution is 2.30. The number of carbonyl (C=O) groups is 2. The van der Waals surface area contributed by atoms with E-state index in [0.717, 1.165) is 48.9 Å². The van der Waals surface area contributed by atoms with Crippen LogP contribution in [0.4, 0.5) is 0 Å². The number of hydrogen-bond acceptors (Lipinski definition) is 4. The fourth-order valence-corrected chi connectivity index (χ4v) is 4.73. The minimum Gasteiger partial charge on any atom is -0.497 e. The number of hydrogen-bond donors (Lipinski definition) is 1. The Morgan fingerprint density at radius 1 is 1.18 bits per heavy atom. The quantitative estimate of drug-likeness (QED) is 0.585. The van der Waals surface area contributed by atoms with Gasteiger partial charge in [0.25, 0.3) is 5.91 Å². The Kier molecular flexibility index (Phi) is 6.92. The van der Waals surface area contributed by atoms with E-state index in [0.29, 0.717) is 24.2 Å². The first-order valence-electron chi connectivity index (χ1n) is 11.6. The second-order valence-corrected chi connectivity index (χ2v) is 8.80. The molecule has 0 radical (unpaired) electrons. The molecule has 2 amide bonds. The Labute approximate surface area is 194 Å². The molecular formula is C27H31N3O3. The minimum absolute atomic E-state index is 0.0126. The van der Waals surface area contributed by atoms with E-state index < -0.39 is 5.91 Å². The number of benzene rings is 2. The number of carbonyl (C=O) groups excluding carboxylic acids is 2. The molecule has 0 bridgehead atoms. The van der Waals surface area contributed by atoms with Crippen LogP contribution in [-0.4, -0.2) is 41.9 Å². The molecule has 172 valence electrons. The van der Waals surface area contributed by atoms with Crippen LogP contribution in [0.2, 0.25) is 0 Å². The number of ether oxygens (including phenoxy) is 1. The first-order chi connectivity index (χ1) is 16.0. The third-order valence-corrected chi connectivity index (χ3v) is 6.57. The number of likely N-dealkylation sites (tertiary alicyclic amines) is 1. The molecule has 0 unspecified atom stereocenters. The summed E-state index contributed by atoms with van der Waals surface area (Å²) in [6.07, 6.45) is 3.94. The molecule has 3 aromatic rings. The molecule has 0 aliphatic carbocycles. The van der Waals surface area contributed by atoms with Gasteiger partial charge in [-0.15, -0.1) is 0 Å². The fourth-order valence-electron chi connectivity index (χ4n) is 4.73. The molecule has 1 atom stereocenters. The van der Waals surface area contributed by atoms with Crippen molar-refractivity contribution >= 4 is 22.7 Å². The van der Waals surface area contributed by atoms with E-state index in [1.807, 2.05) is 47.4 Å². The van der Waals surface area contributed by atoms with Gasteiger partial charge in [0.2, 0.25) is 5.91 Å². The molecule has 6 heteroatoms. The van der Waals surface area contributed by atoms with Crippen molar-refractivity contribution in [2.45, 2.75) is 44.9 Å². The van der Waals surface area contributed by atoms with Crippen LogP contribution in [0.25, 0.3) is 10.9 Å². The molecule has 1 aliphatic rings. The van der Waals surface area contributed by atoms with E-state index in [1.165, 1.54) is 11.1 Å². The molecule has 2 heterocycles. The normalized spacial score (nSPS) is 16.1. The number of aromatic nitrogens is 1. The second kappa shape index (κ2) is 10.0. The molecule has 1 fully saturated rings. The number of pyridine rings is 1. The van der Waals surface area contributed by atoms with Crippen molar-refractivity contribution in [1.29, 1.82) is 0 Å². The van der Waals surface area contributed by atoms with Crippen LogP contribution in [0.3, 0.4) is 0 Å². The first-order valence-corrected chi connectivity index (χ1v) is 11.6. The monoisotopic (exact) mass is 445 g/mol. The molecule has 2 aromatic carbocycles. The van der Waals surface area contributed by atoms with Gasteiger partial charge in [0.05, 0.1) is 23.9 Å². The minimum atomic E-state index is -0.471. The predicted octanol–water partition coefficient (Wildman–Crippen LogP) is 4.38. The van der Waals surface area contributed by atoms with E-state index in [2.05, 4.69) is 13.0 Å². The van der Waals surface area contributed by atoms with Crippen LogP contribution in [-0.2, 0) is 11.2 Å². The maximum absolute atomic E-state index is 13.0. The van der Waals surface area contributed by atoms with Crippen LogP contribution in [0.5, 0.6) is 5.75 Å². The van der Waals surface area contributed by atoms with E-state index in [-0.39, 0.29) is 11.8 Å². The van der Waals surface area contributed by atoms with Gasteiger partial charge >= 0.3 is 0 Å². The molecular weight excluding hydrogens is 414 g/mol. The molecule has 1 aliphatic heterocycles. The standard InChI is InChI=1S/C27H31N3O3/c1-18-15-22(33-2)13-12-19(18)8-5-11-25(31)30-14-6-9-21(17-30)26-23(27(28)32)16-20-7-3-4-10-24(20)29-26/h3-4,7,10,12-13,15-16,21H,5-6,8-9,11,14,17H2,1-2H3,(H2,28,32)/t21-/m1/s1. The largest absolute Gasteiger partial charge is 0.497 e. The summed E-state index contributed by atoms with van der Waals surface area (Å²) < 4.78 is 5.27. The number of primary amides is 1. The first kappa shape index (κ1) is 22.8. The lowest BCUT2D eigenvalue weighted by Crippen LogP contribution is -2.39. The van der Waals surface area contributed by atoms with Crippen molar-refractivity contribution in [3.05, 3.63) is 70.9 Å².